The zero-order chi connectivity index (χ0) is 35.9. The first kappa shape index (κ1) is 35.5. The van der Waals surface area contributed by atoms with Crippen molar-refractivity contribution in [2.45, 2.75) is 43.9 Å². The summed E-state index contributed by atoms with van der Waals surface area (Å²) in [4.78, 5) is 33.4. The third-order valence-corrected chi connectivity index (χ3v) is 12.5. The molecule has 4 aromatic rings. The molecule has 3 atom stereocenters. The molecule has 51 heavy (non-hydrogen) atoms. The Kier molecular flexibility index (Phi) is 10.2. The first-order chi connectivity index (χ1) is 24.6. The highest BCUT2D eigenvalue weighted by atomic mass is 35.5. The number of nitrogens with zero attached hydrogens (tertiary/aromatic N) is 3. The van der Waals surface area contributed by atoms with Crippen LogP contribution in [0, 0.1) is 11.8 Å². The SMILES string of the molecule is COc1ccc([C@H](Cc2c(Cl)c[n+](O)cc2Cl)OC(=O)c2ccc(CN3CCc4ccccc4C3(C(=O)O)[C@H]3CN4CCC3CC4)s2)cc1OC. The van der Waals surface area contributed by atoms with E-state index >= 15 is 0 Å². The Morgan fingerprint density at radius 3 is 2.39 bits per heavy atom. The van der Waals surface area contributed by atoms with Crippen molar-refractivity contribution < 1.29 is 38.8 Å². The molecule has 10 nitrogen and oxygen atoms in total. The van der Waals surface area contributed by atoms with Crippen LogP contribution in [0.25, 0.3) is 0 Å². The van der Waals surface area contributed by atoms with Crippen LogP contribution < -0.4 is 14.2 Å². The predicted octanol–water partition coefficient (Wildman–Crippen LogP) is 6.42. The van der Waals surface area contributed by atoms with Crippen LogP contribution in [0.4, 0.5) is 0 Å². The molecular weight excluding hydrogens is 713 g/mol. The van der Waals surface area contributed by atoms with E-state index in [0.29, 0.717) is 46.5 Å². The Bertz CT molecular complexity index is 1920. The number of halogens is 2. The average molecular weight is 754 g/mol. The van der Waals surface area contributed by atoms with Gasteiger partial charge in [-0.05, 0) is 79.2 Å². The lowest BCUT2D eigenvalue weighted by atomic mass is 9.63. The fourth-order valence-corrected chi connectivity index (χ4v) is 9.86. The van der Waals surface area contributed by atoms with Crippen LogP contribution in [0.15, 0.2) is 67.0 Å². The number of hydrogen-bond donors (Lipinski definition) is 2. The van der Waals surface area contributed by atoms with E-state index in [1.807, 2.05) is 24.3 Å². The van der Waals surface area contributed by atoms with Crippen molar-refractivity contribution in [1.82, 2.24) is 9.80 Å². The number of methoxy groups -OCH3 is 2. The normalized spacial score (nSPS) is 23.3. The highest BCUT2D eigenvalue weighted by Gasteiger charge is 2.58. The van der Waals surface area contributed by atoms with Gasteiger partial charge < -0.3 is 24.2 Å². The number of carboxylic acids is 1. The Morgan fingerprint density at radius 1 is 1.00 bits per heavy atom. The molecule has 6 heterocycles. The van der Waals surface area contributed by atoms with E-state index in [1.165, 1.54) is 38.0 Å². The molecule has 1 unspecified atom stereocenters. The molecule has 0 saturated carbocycles. The van der Waals surface area contributed by atoms with E-state index in [9.17, 15) is 19.9 Å². The highest BCUT2D eigenvalue weighted by molar-refractivity contribution is 7.13. The molecule has 13 heteroatoms. The minimum Gasteiger partial charge on any atom is -0.493 e. The van der Waals surface area contributed by atoms with E-state index in [-0.39, 0.29) is 22.4 Å². The third-order valence-electron chi connectivity index (χ3n) is 10.8. The van der Waals surface area contributed by atoms with Gasteiger partial charge in [0.05, 0.1) is 14.2 Å². The number of aliphatic carboxylic acids is 1. The number of carbonyl (C=O) groups excluding carboxylic acids is 1. The third kappa shape index (κ3) is 6.66. The smallest absolute Gasteiger partial charge is 0.348 e. The van der Waals surface area contributed by atoms with Crippen molar-refractivity contribution in [2.75, 3.05) is 40.4 Å². The molecule has 2 aromatic carbocycles. The number of pyridine rings is 1. The van der Waals surface area contributed by atoms with Crippen molar-refractivity contribution in [3.8, 4) is 11.5 Å². The molecular formula is C38H40Cl2N3O7S+. The van der Waals surface area contributed by atoms with Gasteiger partial charge in [-0.15, -0.1) is 11.3 Å². The molecule has 0 amide bonds. The van der Waals surface area contributed by atoms with Gasteiger partial charge in [-0.25, -0.2) is 9.59 Å². The fraction of sp³-hybridized carbons (Fsp3) is 0.395. The minimum absolute atomic E-state index is 0.0532. The topological polar surface area (TPSA) is 113 Å². The number of piperidine rings is 3. The molecule has 3 fully saturated rings. The van der Waals surface area contributed by atoms with Crippen LogP contribution in [0.5, 0.6) is 11.5 Å². The fourth-order valence-electron chi connectivity index (χ4n) is 8.35. The van der Waals surface area contributed by atoms with Crippen molar-refractivity contribution in [1.29, 1.82) is 0 Å². The number of fused-ring (bicyclic) bond motifs is 4. The number of thiophene rings is 1. The maximum absolute atomic E-state index is 13.9. The molecule has 4 aliphatic heterocycles. The molecule has 4 aliphatic rings. The quantitative estimate of drug-likeness (QED) is 0.102. The van der Waals surface area contributed by atoms with Crippen molar-refractivity contribution in [3.63, 3.8) is 0 Å². The summed E-state index contributed by atoms with van der Waals surface area (Å²) < 4.78 is 17.9. The minimum atomic E-state index is -1.18. The molecule has 0 radical (unpaired) electrons. The van der Waals surface area contributed by atoms with Gasteiger partial charge >= 0.3 is 11.9 Å². The number of aromatic nitrogens is 1. The Labute approximate surface area is 310 Å². The summed E-state index contributed by atoms with van der Waals surface area (Å²) in [5.74, 6) is -0.105. The summed E-state index contributed by atoms with van der Waals surface area (Å²) in [6.07, 6.45) is 4.67. The molecule has 2 N–H and O–H groups in total. The number of carbonyl (C=O) groups is 2. The maximum atomic E-state index is 13.9. The number of esters is 1. The van der Waals surface area contributed by atoms with Crippen LogP contribution in [-0.2, 0) is 34.5 Å². The van der Waals surface area contributed by atoms with Crippen molar-refractivity contribution >= 4 is 46.5 Å². The maximum Gasteiger partial charge on any atom is 0.348 e. The first-order valence-electron chi connectivity index (χ1n) is 17.0. The van der Waals surface area contributed by atoms with Gasteiger partial charge in [-0.3, -0.25) is 10.1 Å². The Hall–Kier alpha value is -3.87. The predicted molar refractivity (Wildman–Crippen MR) is 192 cm³/mol. The molecule has 2 aromatic heterocycles. The molecule has 8 rings (SSSR count). The standard InChI is InChI=1S/C38H39Cl2N3O7S/c1-48-32-9-7-25(17-34(32)49-2)33(18-27-30(39)21-43(47)22-31(27)40)50-36(44)35-10-8-26(51-35)19-42-16-13-23-5-3-4-6-28(23)38(42,37(45)46)29-20-41-14-11-24(29)12-15-41/h3-10,17,21-22,24,29,33H,11-16,18-20H2,1-2H3,(H-,45,46,47)/p+1/t29-,33-,38?/m0/s1. The molecule has 2 bridgehead atoms. The molecule has 0 spiro atoms. The number of benzene rings is 2. The zero-order valence-electron chi connectivity index (χ0n) is 28.4. The summed E-state index contributed by atoms with van der Waals surface area (Å²) in [5.41, 5.74) is 1.92. The van der Waals surface area contributed by atoms with Gasteiger partial charge in [0.1, 0.15) is 26.6 Å². The van der Waals surface area contributed by atoms with Crippen LogP contribution in [0.3, 0.4) is 0 Å². The summed E-state index contributed by atoms with van der Waals surface area (Å²) >= 11 is 14.3. The zero-order valence-corrected chi connectivity index (χ0v) is 30.7. The number of rotatable bonds is 11. The number of ether oxygens (including phenoxy) is 3. The summed E-state index contributed by atoms with van der Waals surface area (Å²) in [6.45, 7) is 3.77. The van der Waals surface area contributed by atoms with Gasteiger partial charge in [0.2, 0.25) is 12.4 Å². The lowest BCUT2D eigenvalue weighted by Gasteiger charge is -2.56. The van der Waals surface area contributed by atoms with Gasteiger partial charge in [0, 0.05) is 47.1 Å². The van der Waals surface area contributed by atoms with Crippen LogP contribution in [0.2, 0.25) is 10.0 Å². The monoisotopic (exact) mass is 752 g/mol. The van der Waals surface area contributed by atoms with Crippen LogP contribution in [0.1, 0.15) is 55.7 Å². The summed E-state index contributed by atoms with van der Waals surface area (Å²) in [6, 6.07) is 16.9. The van der Waals surface area contributed by atoms with Crippen LogP contribution in [-0.4, -0.2) is 72.5 Å². The van der Waals surface area contributed by atoms with E-state index in [1.54, 1.807) is 24.3 Å². The largest absolute Gasteiger partial charge is 0.493 e. The van der Waals surface area contributed by atoms with E-state index in [0.717, 1.165) is 59.6 Å². The lowest BCUT2D eigenvalue weighted by molar-refractivity contribution is -0.904. The molecule has 0 aliphatic carbocycles. The van der Waals surface area contributed by atoms with Crippen molar-refractivity contribution in [3.05, 3.63) is 109 Å². The second-order valence-corrected chi connectivity index (χ2v) is 15.4. The average Bonchev–Trinajstić information content (AvgIpc) is 3.61. The first-order valence-corrected chi connectivity index (χ1v) is 18.6. The Morgan fingerprint density at radius 2 is 1.73 bits per heavy atom. The summed E-state index contributed by atoms with van der Waals surface area (Å²) in [7, 11) is 3.06. The van der Waals surface area contributed by atoms with Gasteiger partial charge in [-0.2, -0.15) is 0 Å². The second-order valence-electron chi connectivity index (χ2n) is 13.4. The van der Waals surface area contributed by atoms with Crippen LogP contribution >= 0.6 is 34.5 Å². The van der Waals surface area contributed by atoms with Gasteiger partial charge in [-0.1, -0.05) is 53.5 Å². The highest BCUT2D eigenvalue weighted by Crippen LogP contribution is 2.50. The second kappa shape index (κ2) is 14.6. The van der Waals surface area contributed by atoms with E-state index in [2.05, 4.69) is 15.9 Å². The van der Waals surface area contributed by atoms with Crippen molar-refractivity contribution in [2.24, 2.45) is 11.8 Å². The molecule has 268 valence electrons. The molecule has 3 saturated heterocycles. The Balaban J connectivity index is 1.18. The van der Waals surface area contributed by atoms with E-state index < -0.39 is 23.6 Å². The summed E-state index contributed by atoms with van der Waals surface area (Å²) in [5, 5.41) is 21.6. The van der Waals surface area contributed by atoms with Gasteiger partial charge in [0.15, 0.2) is 11.5 Å². The van der Waals surface area contributed by atoms with E-state index in [4.69, 9.17) is 37.4 Å². The number of carboxylic acid groups (broad SMARTS) is 1. The lowest BCUT2D eigenvalue weighted by Crippen LogP contribution is -2.66. The number of hydrogen-bond acceptors (Lipinski definition) is 9. The van der Waals surface area contributed by atoms with Gasteiger partial charge in [0.25, 0.3) is 0 Å².